The van der Waals surface area contributed by atoms with Crippen LogP contribution in [0.25, 0.3) is 0 Å². The minimum Gasteiger partial charge on any atom is -0.481 e. The van der Waals surface area contributed by atoms with E-state index in [1.807, 2.05) is 0 Å². The maximum absolute atomic E-state index is 10.8. The van der Waals surface area contributed by atoms with Crippen molar-refractivity contribution in [1.29, 1.82) is 0 Å². The first kappa shape index (κ1) is 15.7. The van der Waals surface area contributed by atoms with Gasteiger partial charge in [-0.1, -0.05) is 0 Å². The third-order valence-corrected chi connectivity index (χ3v) is 4.18. The van der Waals surface area contributed by atoms with Gasteiger partial charge in [-0.2, -0.15) is 0 Å². The van der Waals surface area contributed by atoms with Crippen molar-refractivity contribution in [2.75, 3.05) is 7.11 Å². The molecule has 0 saturated carbocycles. The fraction of sp³-hybridized carbons (Fsp3) is 0.800. The number of carbonyl (C=O) groups is 1. The molecule has 0 radical (unpaired) electrons. The highest BCUT2D eigenvalue weighted by Gasteiger charge is 2.42. The maximum atomic E-state index is 10.8. The first-order valence-corrected chi connectivity index (χ1v) is 7.22. The number of aliphatic carboxylic acids is 1. The van der Waals surface area contributed by atoms with Gasteiger partial charge in [0.15, 0.2) is 11.5 Å². The number of ether oxygens (including phenoxy) is 1. The summed E-state index contributed by atoms with van der Waals surface area (Å²) < 4.78 is 25.8. The maximum Gasteiger partial charge on any atom is 0.354 e. The van der Waals surface area contributed by atoms with Crippen molar-refractivity contribution in [2.24, 2.45) is 0 Å². The molecule has 2 unspecified atom stereocenters. The van der Waals surface area contributed by atoms with Crippen LogP contribution < -0.4 is 0 Å². The molecule has 0 rings (SSSR count). The van der Waals surface area contributed by atoms with Crippen LogP contribution in [0.3, 0.4) is 0 Å². The standard InChI is InChI=1S/C5H12O9P2/c1-14-4(16(11,12)13)2-3(5(6)7)15(8,9)10/h3-4H,2H2,1H3,(H,6,7)(H2,8,9,10)(H2,11,12,13). The Balaban J connectivity index is 4.97. The highest BCUT2D eigenvalue weighted by atomic mass is 31.2. The zero-order valence-corrected chi connectivity index (χ0v) is 9.91. The monoisotopic (exact) mass is 278 g/mol. The van der Waals surface area contributed by atoms with E-state index in [-0.39, 0.29) is 0 Å². The van der Waals surface area contributed by atoms with Crippen LogP contribution in [0.1, 0.15) is 6.42 Å². The van der Waals surface area contributed by atoms with Crippen LogP contribution in [0.15, 0.2) is 0 Å². The molecule has 11 heteroatoms. The minimum atomic E-state index is -4.99. The lowest BCUT2D eigenvalue weighted by Gasteiger charge is -2.21. The van der Waals surface area contributed by atoms with Gasteiger partial charge in [0, 0.05) is 13.5 Å². The Bertz CT molecular complexity index is 340. The molecule has 0 fully saturated rings. The first-order chi connectivity index (χ1) is 7.00. The predicted molar refractivity (Wildman–Crippen MR) is 50.9 cm³/mol. The molecule has 0 amide bonds. The topological polar surface area (TPSA) is 162 Å². The largest absolute Gasteiger partial charge is 0.481 e. The quantitative estimate of drug-likeness (QED) is 0.390. The van der Waals surface area contributed by atoms with Gasteiger partial charge in [0.05, 0.1) is 0 Å². The zero-order valence-electron chi connectivity index (χ0n) is 8.13. The van der Waals surface area contributed by atoms with Crippen LogP contribution in [0.2, 0.25) is 0 Å². The van der Waals surface area contributed by atoms with Gasteiger partial charge >= 0.3 is 21.2 Å². The summed E-state index contributed by atoms with van der Waals surface area (Å²) in [6, 6.07) is 0. The average molecular weight is 278 g/mol. The second-order valence-corrected chi connectivity index (χ2v) is 6.51. The Labute approximate surface area is 90.4 Å². The first-order valence-electron chi connectivity index (χ1n) is 3.86. The van der Waals surface area contributed by atoms with E-state index >= 15 is 0 Å². The average Bonchev–Trinajstić information content (AvgIpc) is 1.99. The molecule has 0 aromatic rings. The smallest absolute Gasteiger partial charge is 0.354 e. The van der Waals surface area contributed by atoms with Crippen LogP contribution in [0, 0.1) is 0 Å². The third kappa shape index (κ3) is 4.71. The van der Waals surface area contributed by atoms with Crippen LogP contribution in [0.5, 0.6) is 0 Å². The Morgan fingerprint density at radius 1 is 1.19 bits per heavy atom. The van der Waals surface area contributed by atoms with Gasteiger partial charge in [0.2, 0.25) is 0 Å². The van der Waals surface area contributed by atoms with Gasteiger partial charge in [0.25, 0.3) is 0 Å². The molecule has 0 aliphatic heterocycles. The lowest BCUT2D eigenvalue weighted by Crippen LogP contribution is -2.27. The van der Waals surface area contributed by atoms with Crippen molar-refractivity contribution in [2.45, 2.75) is 17.9 Å². The van der Waals surface area contributed by atoms with Crippen molar-refractivity contribution in [3.8, 4) is 0 Å². The SMILES string of the molecule is COC(CC(C(=O)O)P(=O)(O)O)P(=O)(O)O. The molecule has 0 aromatic heterocycles. The summed E-state index contributed by atoms with van der Waals surface area (Å²) in [5, 5.41) is 8.52. The molecule has 0 aliphatic carbocycles. The molecular formula is C5H12O9P2. The fourth-order valence-electron chi connectivity index (χ4n) is 0.944. The predicted octanol–water partition coefficient (Wildman–Crippen LogP) is -0.842. The van der Waals surface area contributed by atoms with E-state index in [9.17, 15) is 13.9 Å². The van der Waals surface area contributed by atoms with E-state index in [2.05, 4.69) is 4.74 Å². The van der Waals surface area contributed by atoms with Crippen molar-refractivity contribution >= 4 is 21.2 Å². The summed E-state index contributed by atoms with van der Waals surface area (Å²) in [7, 11) is -8.85. The summed E-state index contributed by atoms with van der Waals surface area (Å²) in [6.45, 7) is 0. The molecule has 2 atom stereocenters. The normalized spacial score (nSPS) is 16.8. The second-order valence-electron chi connectivity index (χ2n) is 2.96. The molecule has 0 aromatic carbocycles. The number of hydrogen-bond donors (Lipinski definition) is 5. The summed E-state index contributed by atoms with van der Waals surface area (Å²) in [4.78, 5) is 45.3. The molecule has 0 spiro atoms. The summed E-state index contributed by atoms with van der Waals surface area (Å²) in [5.41, 5.74) is -2.20. The number of carboxylic acids is 1. The highest BCUT2D eigenvalue weighted by Crippen LogP contribution is 2.50. The Morgan fingerprint density at radius 3 is 1.81 bits per heavy atom. The Hall–Kier alpha value is -0.270. The number of hydrogen-bond acceptors (Lipinski definition) is 4. The van der Waals surface area contributed by atoms with Gasteiger partial charge in [-0.05, 0) is 0 Å². The Kier molecular flexibility index (Phi) is 5.28. The molecule has 96 valence electrons. The summed E-state index contributed by atoms with van der Waals surface area (Å²) >= 11 is 0. The van der Waals surface area contributed by atoms with Crippen molar-refractivity contribution in [3.05, 3.63) is 0 Å². The van der Waals surface area contributed by atoms with Gasteiger partial charge in [-0.3, -0.25) is 13.9 Å². The zero-order chi connectivity index (χ0) is 13.1. The Morgan fingerprint density at radius 2 is 1.62 bits per heavy atom. The molecule has 5 N–H and O–H groups in total. The summed E-state index contributed by atoms with van der Waals surface area (Å²) in [5.74, 6) is -3.70. The van der Waals surface area contributed by atoms with Gasteiger partial charge in [-0.15, -0.1) is 0 Å². The van der Waals surface area contributed by atoms with Gasteiger partial charge in [0.1, 0.15) is 0 Å². The van der Waals surface area contributed by atoms with E-state index in [1.54, 1.807) is 0 Å². The molecular weight excluding hydrogens is 266 g/mol. The fourth-order valence-corrected chi connectivity index (χ4v) is 2.62. The molecule has 0 aliphatic rings. The van der Waals surface area contributed by atoms with E-state index < -0.39 is 39.1 Å². The second kappa shape index (κ2) is 5.37. The molecule has 0 bridgehead atoms. The van der Waals surface area contributed by atoms with Gasteiger partial charge < -0.3 is 29.4 Å². The van der Waals surface area contributed by atoms with E-state index in [1.165, 1.54) is 0 Å². The minimum absolute atomic E-state index is 0.905. The third-order valence-electron chi connectivity index (χ3n) is 1.76. The van der Waals surface area contributed by atoms with Crippen LogP contribution in [-0.2, 0) is 18.7 Å². The van der Waals surface area contributed by atoms with Crippen molar-refractivity contribution in [1.82, 2.24) is 0 Å². The molecule has 0 heterocycles. The van der Waals surface area contributed by atoms with Crippen LogP contribution in [-0.4, -0.2) is 49.3 Å². The van der Waals surface area contributed by atoms with Gasteiger partial charge in [-0.25, -0.2) is 0 Å². The van der Waals surface area contributed by atoms with Crippen molar-refractivity contribution < 1.29 is 43.3 Å². The van der Waals surface area contributed by atoms with E-state index in [4.69, 9.17) is 24.7 Å². The highest BCUT2D eigenvalue weighted by molar-refractivity contribution is 7.54. The lowest BCUT2D eigenvalue weighted by molar-refractivity contribution is -0.137. The molecule has 9 nitrogen and oxygen atoms in total. The van der Waals surface area contributed by atoms with E-state index in [0.29, 0.717) is 0 Å². The van der Waals surface area contributed by atoms with Crippen LogP contribution >= 0.6 is 15.2 Å². The summed E-state index contributed by atoms with van der Waals surface area (Å²) in [6.07, 6.45) is -0.972. The van der Waals surface area contributed by atoms with Crippen LogP contribution in [0.4, 0.5) is 0 Å². The lowest BCUT2D eigenvalue weighted by atomic mass is 10.3. The number of methoxy groups -OCH3 is 1. The van der Waals surface area contributed by atoms with E-state index in [0.717, 1.165) is 7.11 Å². The molecule has 0 saturated heterocycles. The molecule has 16 heavy (non-hydrogen) atoms. The number of carboxylic acid groups (broad SMARTS) is 1. The van der Waals surface area contributed by atoms with Crippen molar-refractivity contribution in [3.63, 3.8) is 0 Å². The number of rotatable bonds is 6.